The Bertz CT molecular complexity index is 2550. The number of hydrogen-bond acceptors (Lipinski definition) is 13. The van der Waals surface area contributed by atoms with Gasteiger partial charge in [0.2, 0.25) is 22.2 Å². The number of nitrogens with zero attached hydrogens (tertiary/aromatic N) is 2. The Morgan fingerprint density at radius 3 is 2.39 bits per heavy atom. The highest BCUT2D eigenvalue weighted by atomic mass is 79.9. The van der Waals surface area contributed by atoms with E-state index in [9.17, 15) is 39.3 Å². The molecule has 2 heterocycles. The number of benzene rings is 1. The van der Waals surface area contributed by atoms with Gasteiger partial charge in [-0.05, 0) is 40.4 Å². The van der Waals surface area contributed by atoms with E-state index in [2.05, 4.69) is 41.8 Å². The quantitative estimate of drug-likeness (QED) is 0.106. The normalized spacial score (nSPS) is 18.8. The lowest BCUT2D eigenvalue weighted by molar-refractivity contribution is 0.362. The molecule has 0 amide bonds. The van der Waals surface area contributed by atoms with Gasteiger partial charge < -0.3 is 30.4 Å². The number of nitrogens with one attached hydrogen (secondary N) is 3. The van der Waals surface area contributed by atoms with Gasteiger partial charge in [-0.1, -0.05) is 0 Å². The zero-order valence-corrected chi connectivity index (χ0v) is 24.2. The average Bonchev–Trinajstić information content (AvgIpc) is 3.71. The molecule has 1 aliphatic heterocycles. The van der Waals surface area contributed by atoms with Crippen LogP contribution >= 0.6 is 15.9 Å². The molecule has 0 radical (unpaired) electrons. The number of halogens is 1. The number of aliphatic hydroxyl groups excluding tert-OH is 2. The summed E-state index contributed by atoms with van der Waals surface area (Å²) in [5.74, 6) is -2.12. The van der Waals surface area contributed by atoms with E-state index < -0.39 is 76.6 Å². The number of fused-ring (bicyclic) bond motifs is 4. The summed E-state index contributed by atoms with van der Waals surface area (Å²) in [6, 6.07) is 2.35. The van der Waals surface area contributed by atoms with Crippen LogP contribution in [0.3, 0.4) is 0 Å². The Hall–Kier alpha value is -5.31. The first-order valence-corrected chi connectivity index (χ1v) is 14.1. The molecule has 1 aromatic heterocycles. The van der Waals surface area contributed by atoms with Crippen molar-refractivity contribution in [2.24, 2.45) is 10.1 Å². The average molecular weight is 662 g/mol. The minimum Gasteiger partial charge on any atom is -0.510 e. The molecule has 0 saturated heterocycles. The van der Waals surface area contributed by atoms with Crippen LogP contribution in [-0.4, -0.2) is 52.7 Å². The van der Waals surface area contributed by atoms with E-state index in [0.29, 0.717) is 34.5 Å². The van der Waals surface area contributed by atoms with Crippen molar-refractivity contribution in [1.29, 1.82) is 0 Å². The number of hydrogen-bond donors (Lipinski definition) is 6. The molecule has 0 bridgehead atoms. The van der Waals surface area contributed by atoms with Gasteiger partial charge in [0.25, 0.3) is 5.56 Å². The number of aliphatic hydroxyl groups is 2. The number of methoxy groups -OCH3 is 1. The first-order chi connectivity index (χ1) is 21.0. The predicted octanol–water partition coefficient (Wildman–Crippen LogP) is -1.84. The Morgan fingerprint density at radius 2 is 1.73 bits per heavy atom. The van der Waals surface area contributed by atoms with Crippen LogP contribution in [0, 0.1) is 10.4 Å². The molecule has 0 unspecified atom stereocenters. The minimum absolute atomic E-state index is 0.0906. The second kappa shape index (κ2) is 9.34. The summed E-state index contributed by atoms with van der Waals surface area (Å²) >= 11 is 3.51. The number of aromatic nitrogens is 1. The molecular formula is C29H20BrN5O9. The maximum absolute atomic E-state index is 13.7. The fourth-order valence-electron chi connectivity index (χ4n) is 6.52. The van der Waals surface area contributed by atoms with E-state index in [-0.39, 0.29) is 29.5 Å². The highest BCUT2D eigenvalue weighted by molar-refractivity contribution is 9.10. The molecule has 14 nitrogen and oxygen atoms in total. The molecule has 4 aliphatic carbocycles. The fourth-order valence-corrected chi connectivity index (χ4v) is 7.23. The van der Waals surface area contributed by atoms with Gasteiger partial charge in [0, 0.05) is 28.0 Å². The molecule has 5 aliphatic rings. The number of hydrazone groups is 1. The summed E-state index contributed by atoms with van der Waals surface area (Å²) in [5, 5.41) is 39.2. The molecule has 222 valence electrons. The topological polar surface area (TPSA) is 220 Å². The number of guanidine groups is 1. The van der Waals surface area contributed by atoms with Crippen LogP contribution < -0.4 is 53.2 Å². The first-order valence-electron chi connectivity index (χ1n) is 13.3. The van der Waals surface area contributed by atoms with Crippen LogP contribution in [0.25, 0.3) is 22.3 Å². The summed E-state index contributed by atoms with van der Waals surface area (Å²) in [5.41, 5.74) is -3.66. The van der Waals surface area contributed by atoms with Gasteiger partial charge in [-0.2, -0.15) is 5.10 Å². The van der Waals surface area contributed by atoms with Gasteiger partial charge >= 0.3 is 0 Å². The van der Waals surface area contributed by atoms with E-state index in [4.69, 9.17) is 4.74 Å². The minimum atomic E-state index is -2.00. The number of aliphatic imine (C=N–C) groups is 1. The maximum atomic E-state index is 13.7. The number of ether oxygens (including phenoxy) is 1. The molecule has 15 heteroatoms. The molecule has 0 fully saturated rings. The van der Waals surface area contributed by atoms with Crippen molar-refractivity contribution in [3.63, 3.8) is 0 Å². The molecule has 2 aromatic rings. The smallest absolute Gasteiger partial charge is 0.260 e. The van der Waals surface area contributed by atoms with Crippen LogP contribution in [-0.2, 0) is 11.8 Å². The zero-order chi connectivity index (χ0) is 31.2. The molecule has 1 spiro atoms. The number of phenolic OH excluding ortho intramolecular Hbond substituents is 1. The van der Waals surface area contributed by atoms with E-state index in [1.165, 1.54) is 6.21 Å². The van der Waals surface area contributed by atoms with Crippen molar-refractivity contribution in [2.75, 3.05) is 20.2 Å². The summed E-state index contributed by atoms with van der Waals surface area (Å²) in [6.45, 7) is 1.27. The number of H-pyrrole nitrogens is 1. The maximum Gasteiger partial charge on any atom is 0.260 e. The lowest BCUT2D eigenvalue weighted by atomic mass is 9.78. The summed E-state index contributed by atoms with van der Waals surface area (Å²) in [7, 11) is 1.12. The van der Waals surface area contributed by atoms with E-state index in [1.807, 2.05) is 0 Å². The van der Waals surface area contributed by atoms with Gasteiger partial charge in [-0.25, -0.2) is 10.4 Å². The third kappa shape index (κ3) is 3.37. The standard InChI is InChI=1S/C29H20BrN5O9/c1-44-13-7-12(36)15-16(21(13)37)23(39)18-17(22(15)38)25(41)29(26(18)42)3-2-10-19(29)24(40)14-11(20(10)30)6-9(34-27(14)43)8-33-35-28-31-4-5-32-28/h6-8,40-42H,2-5H2,1H3,(H,34,43)(H2,31,32,35)/b33-8+/t29-/m0/s1. The van der Waals surface area contributed by atoms with Crippen LogP contribution in [0.2, 0.25) is 0 Å². The van der Waals surface area contributed by atoms with Crippen molar-refractivity contribution < 1.29 is 20.1 Å². The summed E-state index contributed by atoms with van der Waals surface area (Å²) in [4.78, 5) is 73.1. The highest BCUT2D eigenvalue weighted by Crippen LogP contribution is 2.56. The van der Waals surface area contributed by atoms with Gasteiger partial charge in [0.05, 0.1) is 51.8 Å². The largest absolute Gasteiger partial charge is 0.510 e. The van der Waals surface area contributed by atoms with E-state index in [0.717, 1.165) is 13.2 Å². The van der Waals surface area contributed by atoms with Crippen molar-refractivity contribution in [3.05, 3.63) is 106 Å². The van der Waals surface area contributed by atoms with Crippen molar-refractivity contribution in [3.8, 4) is 11.5 Å². The lowest BCUT2D eigenvalue weighted by Crippen LogP contribution is -2.51. The zero-order valence-electron chi connectivity index (χ0n) is 22.6. The molecule has 0 saturated carbocycles. The van der Waals surface area contributed by atoms with Crippen LogP contribution in [0.4, 0.5) is 0 Å². The summed E-state index contributed by atoms with van der Waals surface area (Å²) in [6.07, 6.45) is 1.36. The lowest BCUT2D eigenvalue weighted by Gasteiger charge is -2.27. The molecular weight excluding hydrogens is 642 g/mol. The molecule has 1 aromatic carbocycles. The Morgan fingerprint density at radius 1 is 1.02 bits per heavy atom. The number of aromatic hydroxyl groups is 1. The molecule has 7 rings (SSSR count). The fraction of sp³-hybridized carbons (Fsp3) is 0.207. The predicted molar refractivity (Wildman–Crippen MR) is 162 cm³/mol. The third-order valence-corrected chi connectivity index (χ3v) is 9.33. The van der Waals surface area contributed by atoms with Crippen molar-refractivity contribution in [1.82, 2.24) is 15.7 Å². The molecule has 1 atom stereocenters. The monoisotopic (exact) mass is 661 g/mol. The van der Waals surface area contributed by atoms with Gasteiger partial charge in [0.15, 0.2) is 11.2 Å². The SMILES string of the molecule is COc1cc(=O)c2c(=O)c3c(c(=O)c=2c1=O)=C(O)[C@]1(CCc2c1c(O)c1c(=O)[nH]c(/C=N/NC4=NCCN4)cc1c2Br)C=3O. The van der Waals surface area contributed by atoms with Gasteiger partial charge in [0.1, 0.15) is 22.7 Å². The number of pyridine rings is 1. The van der Waals surface area contributed by atoms with Crippen molar-refractivity contribution >= 4 is 50.4 Å². The van der Waals surface area contributed by atoms with Crippen LogP contribution in [0.15, 0.2) is 50.7 Å². The third-order valence-electron chi connectivity index (χ3n) is 8.43. The second-order valence-electron chi connectivity index (χ2n) is 10.6. The summed E-state index contributed by atoms with van der Waals surface area (Å²) < 4.78 is 5.27. The van der Waals surface area contributed by atoms with Gasteiger partial charge in [-0.15, -0.1) is 0 Å². The number of phenols is 1. The highest BCUT2D eigenvalue weighted by Gasteiger charge is 2.53. The Balaban J connectivity index is 1.51. The van der Waals surface area contributed by atoms with E-state index in [1.54, 1.807) is 6.07 Å². The number of aromatic amines is 1. The molecule has 6 N–H and O–H groups in total. The number of rotatable bonds is 3. The Labute approximate surface area is 251 Å². The van der Waals surface area contributed by atoms with Crippen LogP contribution in [0.1, 0.15) is 23.2 Å². The molecule has 44 heavy (non-hydrogen) atoms. The Kier molecular flexibility index (Phi) is 5.84. The van der Waals surface area contributed by atoms with Crippen molar-refractivity contribution in [2.45, 2.75) is 18.3 Å². The first kappa shape index (κ1) is 27.5. The van der Waals surface area contributed by atoms with Crippen LogP contribution in [0.5, 0.6) is 11.5 Å². The second-order valence-corrected chi connectivity index (χ2v) is 11.3. The van der Waals surface area contributed by atoms with Gasteiger partial charge in [-0.3, -0.25) is 24.0 Å². The van der Waals surface area contributed by atoms with E-state index >= 15 is 0 Å².